The monoisotopic (exact) mass is 1140 g/mol. The Labute approximate surface area is 500 Å². The molecule has 0 aliphatic carbocycles. The van der Waals surface area contributed by atoms with Gasteiger partial charge in [0.05, 0.1) is 30.5 Å². The first-order chi connectivity index (χ1) is 39.1. The van der Waals surface area contributed by atoms with Crippen LogP contribution in [0.5, 0.6) is 0 Å². The van der Waals surface area contributed by atoms with E-state index in [0.717, 1.165) is 130 Å². The number of unbranched alkanes of at least 4 members (excludes halogenated alkanes) is 34. The standard InChI is InChI=1S/C70H145N5O5/c1-7-12-17-22-27-32-36-41-46-66(77)61-73(57-58-74(62-67(78)47-42-37-33-28-23-18-13-8-2)63-68(79)48-43-38-34-29-24-19-14-9-3)56-55-71-51-53-72(54-52-71)59-60-75(64-69(80)49-44-39-35-30-25-20-15-10-4)70(65(6)76)50-45-40-31-26-21-16-11-5/h65-70,76-80H,7-64H2,1-6H3. The maximum Gasteiger partial charge on any atom is 0.0667 e. The van der Waals surface area contributed by atoms with Crippen molar-refractivity contribution in [2.45, 2.75) is 361 Å². The summed E-state index contributed by atoms with van der Waals surface area (Å²) in [4.78, 5) is 12.6. The van der Waals surface area contributed by atoms with Crippen LogP contribution in [0.25, 0.3) is 0 Å². The van der Waals surface area contributed by atoms with Gasteiger partial charge in [0.15, 0.2) is 0 Å². The molecule has 0 bridgehead atoms. The van der Waals surface area contributed by atoms with E-state index in [-0.39, 0.29) is 30.5 Å². The maximum absolute atomic E-state index is 11.6. The lowest BCUT2D eigenvalue weighted by Gasteiger charge is -2.39. The van der Waals surface area contributed by atoms with Crippen molar-refractivity contribution in [3.63, 3.8) is 0 Å². The fraction of sp³-hybridized carbons (Fsp3) is 1.00. The number of rotatable bonds is 63. The van der Waals surface area contributed by atoms with E-state index in [1.54, 1.807) is 0 Å². The minimum Gasteiger partial charge on any atom is -0.392 e. The lowest BCUT2D eigenvalue weighted by Crippen LogP contribution is -2.53. The molecule has 1 rings (SSSR count). The van der Waals surface area contributed by atoms with Gasteiger partial charge in [-0.2, -0.15) is 0 Å². The van der Waals surface area contributed by atoms with Crippen LogP contribution in [-0.2, 0) is 0 Å². The van der Waals surface area contributed by atoms with Crippen molar-refractivity contribution in [3.8, 4) is 0 Å². The molecule has 1 aliphatic heterocycles. The highest BCUT2D eigenvalue weighted by Gasteiger charge is 2.27. The van der Waals surface area contributed by atoms with Crippen molar-refractivity contribution < 1.29 is 25.5 Å². The number of hydrogen-bond acceptors (Lipinski definition) is 10. The van der Waals surface area contributed by atoms with Gasteiger partial charge in [-0.25, -0.2) is 0 Å². The van der Waals surface area contributed by atoms with E-state index in [9.17, 15) is 25.5 Å². The van der Waals surface area contributed by atoms with Crippen molar-refractivity contribution in [2.75, 3.05) is 91.6 Å². The minimum absolute atomic E-state index is 0.0734. The lowest BCUT2D eigenvalue weighted by molar-refractivity contribution is 0.0115. The van der Waals surface area contributed by atoms with E-state index in [0.29, 0.717) is 26.2 Å². The first-order valence-corrected chi connectivity index (χ1v) is 36.1. The number of hydrogen-bond donors (Lipinski definition) is 5. The van der Waals surface area contributed by atoms with Gasteiger partial charge < -0.3 is 25.5 Å². The smallest absolute Gasteiger partial charge is 0.0667 e. The largest absolute Gasteiger partial charge is 0.392 e. The Morgan fingerprint density at radius 3 is 0.850 bits per heavy atom. The highest BCUT2D eigenvalue weighted by atomic mass is 16.3. The molecule has 1 saturated heterocycles. The minimum atomic E-state index is -0.425. The first-order valence-electron chi connectivity index (χ1n) is 36.1. The fourth-order valence-electron chi connectivity index (χ4n) is 12.6. The van der Waals surface area contributed by atoms with Crippen LogP contribution in [0.1, 0.15) is 324 Å². The Morgan fingerprint density at radius 1 is 0.287 bits per heavy atom. The molecule has 0 radical (unpaired) electrons. The second kappa shape index (κ2) is 57.7. The Hall–Kier alpha value is -0.400. The molecule has 6 atom stereocenters. The van der Waals surface area contributed by atoms with E-state index in [1.807, 2.05) is 6.92 Å². The SMILES string of the molecule is CCCCCCCCCCC(O)CN(CCN1CCN(CCN(CC(O)CCCCCCCCCC)C(CCCCCCCCC)C(C)O)CC1)CCN(CC(O)CCCCCCCCCC)CC(O)CCCCCCCCCC. The zero-order chi connectivity index (χ0) is 58.4. The van der Waals surface area contributed by atoms with E-state index in [1.165, 1.54) is 218 Å². The molecule has 0 aromatic rings. The van der Waals surface area contributed by atoms with Crippen LogP contribution >= 0.6 is 0 Å². The van der Waals surface area contributed by atoms with Gasteiger partial charge in [-0.3, -0.25) is 24.5 Å². The Balaban J connectivity index is 3.02. The van der Waals surface area contributed by atoms with Crippen molar-refractivity contribution >= 4 is 0 Å². The average molecular weight is 1140 g/mol. The summed E-state index contributed by atoms with van der Waals surface area (Å²) in [6.45, 7) is 25.3. The molecule has 1 aliphatic rings. The van der Waals surface area contributed by atoms with Gasteiger partial charge in [-0.05, 0) is 39.0 Å². The molecule has 10 nitrogen and oxygen atoms in total. The second-order valence-electron chi connectivity index (χ2n) is 26.1. The molecule has 0 spiro atoms. The molecule has 0 amide bonds. The third kappa shape index (κ3) is 47.8. The van der Waals surface area contributed by atoms with Gasteiger partial charge in [0.25, 0.3) is 0 Å². The molecule has 5 N–H and O–H groups in total. The molecule has 1 fully saturated rings. The normalized spacial score (nSPS) is 16.1. The summed E-state index contributed by atoms with van der Waals surface area (Å²) < 4.78 is 0. The molecule has 0 aromatic carbocycles. The van der Waals surface area contributed by atoms with E-state index >= 15 is 0 Å². The Kier molecular flexibility index (Phi) is 55.9. The van der Waals surface area contributed by atoms with Crippen LogP contribution < -0.4 is 0 Å². The number of nitrogens with zero attached hydrogens (tertiary/aromatic N) is 5. The summed E-state index contributed by atoms with van der Waals surface area (Å²) in [5.41, 5.74) is 0. The highest BCUT2D eigenvalue weighted by Crippen LogP contribution is 2.21. The molecular weight excluding hydrogens is 991 g/mol. The molecule has 6 unspecified atom stereocenters. The van der Waals surface area contributed by atoms with Crippen molar-refractivity contribution in [1.29, 1.82) is 0 Å². The van der Waals surface area contributed by atoms with Gasteiger partial charge in [0.1, 0.15) is 0 Å². The fourth-order valence-corrected chi connectivity index (χ4v) is 12.6. The van der Waals surface area contributed by atoms with E-state index in [2.05, 4.69) is 59.1 Å². The summed E-state index contributed by atoms with van der Waals surface area (Å²) in [7, 11) is 0. The van der Waals surface area contributed by atoms with Gasteiger partial charge in [-0.1, -0.05) is 285 Å². The molecule has 80 heavy (non-hydrogen) atoms. The predicted molar refractivity (Wildman–Crippen MR) is 348 cm³/mol. The summed E-state index contributed by atoms with van der Waals surface area (Å²) in [6.07, 6.45) is 51.9. The predicted octanol–water partition coefficient (Wildman–Crippen LogP) is 16.0. The van der Waals surface area contributed by atoms with Gasteiger partial charge in [0, 0.05) is 97.7 Å². The quantitative estimate of drug-likeness (QED) is 0.0377. The number of aliphatic hydroxyl groups excluding tert-OH is 5. The van der Waals surface area contributed by atoms with Crippen molar-refractivity contribution in [1.82, 2.24) is 24.5 Å². The molecule has 1 heterocycles. The topological polar surface area (TPSA) is 117 Å². The molecular formula is C70H145N5O5. The number of aliphatic hydroxyl groups is 5. The summed E-state index contributed by atoms with van der Waals surface area (Å²) in [5.74, 6) is 0. The molecule has 0 saturated carbocycles. The zero-order valence-corrected chi connectivity index (χ0v) is 54.9. The third-order valence-corrected chi connectivity index (χ3v) is 18.2. The van der Waals surface area contributed by atoms with Crippen LogP contribution in [0.3, 0.4) is 0 Å². The van der Waals surface area contributed by atoms with Crippen LogP contribution in [0, 0.1) is 0 Å². The summed E-state index contributed by atoms with van der Waals surface area (Å²) in [6, 6.07) is 0.0734. The lowest BCUT2D eigenvalue weighted by atomic mass is 9.99. The van der Waals surface area contributed by atoms with E-state index < -0.39 is 6.10 Å². The van der Waals surface area contributed by atoms with Crippen molar-refractivity contribution in [2.24, 2.45) is 0 Å². The third-order valence-electron chi connectivity index (χ3n) is 18.2. The highest BCUT2D eigenvalue weighted by molar-refractivity contribution is 4.82. The zero-order valence-electron chi connectivity index (χ0n) is 54.9. The number of piperazine rings is 1. The summed E-state index contributed by atoms with van der Waals surface area (Å²) in [5, 5.41) is 57.1. The maximum atomic E-state index is 11.6. The van der Waals surface area contributed by atoms with Crippen LogP contribution in [-0.4, -0.2) is 178 Å². The second-order valence-corrected chi connectivity index (χ2v) is 26.1. The van der Waals surface area contributed by atoms with Crippen LogP contribution in [0.2, 0.25) is 0 Å². The molecule has 480 valence electrons. The van der Waals surface area contributed by atoms with Crippen LogP contribution in [0.15, 0.2) is 0 Å². The van der Waals surface area contributed by atoms with Gasteiger partial charge in [0.2, 0.25) is 0 Å². The summed E-state index contributed by atoms with van der Waals surface area (Å²) >= 11 is 0. The Morgan fingerprint density at radius 2 is 0.537 bits per heavy atom. The van der Waals surface area contributed by atoms with Crippen molar-refractivity contribution in [3.05, 3.63) is 0 Å². The first kappa shape index (κ1) is 77.6. The molecule has 10 heteroatoms. The van der Waals surface area contributed by atoms with Gasteiger partial charge >= 0.3 is 0 Å². The Bertz CT molecular complexity index is 1200. The average Bonchev–Trinajstić information content (AvgIpc) is 3.44. The van der Waals surface area contributed by atoms with Gasteiger partial charge in [-0.15, -0.1) is 0 Å². The van der Waals surface area contributed by atoms with E-state index in [4.69, 9.17) is 0 Å². The van der Waals surface area contributed by atoms with Crippen LogP contribution in [0.4, 0.5) is 0 Å². The molecule has 0 aromatic heterocycles.